The highest BCUT2D eigenvalue weighted by Gasteiger charge is 2.27. The van der Waals surface area contributed by atoms with Crippen molar-refractivity contribution < 1.29 is 0 Å². The average molecular weight is 349 g/mol. The van der Waals surface area contributed by atoms with E-state index in [1.54, 1.807) is 9.75 Å². The van der Waals surface area contributed by atoms with Crippen LogP contribution in [0.3, 0.4) is 0 Å². The van der Waals surface area contributed by atoms with Crippen LogP contribution in [0, 0.1) is 11.8 Å². The highest BCUT2D eigenvalue weighted by atomic mass is 32.1. The molecule has 0 radical (unpaired) electrons. The average Bonchev–Trinajstić information content (AvgIpc) is 3.11. The number of fused-ring (bicyclic) bond motifs is 1. The van der Waals surface area contributed by atoms with E-state index >= 15 is 0 Å². The second-order valence-electron chi connectivity index (χ2n) is 7.55. The van der Waals surface area contributed by atoms with Crippen molar-refractivity contribution in [3.05, 3.63) is 21.9 Å². The van der Waals surface area contributed by atoms with E-state index in [0.29, 0.717) is 0 Å². The maximum atomic E-state index is 2.51. The van der Waals surface area contributed by atoms with Gasteiger partial charge in [0.15, 0.2) is 0 Å². The lowest BCUT2D eigenvalue weighted by Gasteiger charge is -2.32. The first-order valence-electron chi connectivity index (χ1n) is 9.73. The van der Waals surface area contributed by atoms with Crippen LogP contribution in [0.5, 0.6) is 0 Å². The van der Waals surface area contributed by atoms with Crippen molar-refractivity contribution in [1.29, 1.82) is 0 Å². The molecule has 2 heteroatoms. The van der Waals surface area contributed by atoms with E-state index in [-0.39, 0.29) is 0 Å². The number of unbranched alkanes of at least 4 members (excludes halogenated alkanes) is 1. The molecule has 1 aliphatic rings. The molecule has 0 aliphatic heterocycles. The third kappa shape index (κ3) is 4.20. The Balaban J connectivity index is 1.60. The van der Waals surface area contributed by atoms with Gasteiger partial charge in [-0.15, -0.1) is 22.7 Å². The number of hydrogen-bond donors (Lipinski definition) is 0. The van der Waals surface area contributed by atoms with Gasteiger partial charge in [0.1, 0.15) is 0 Å². The first-order chi connectivity index (χ1) is 11.2. The minimum absolute atomic E-state index is 0.765. The zero-order chi connectivity index (χ0) is 16.2. The van der Waals surface area contributed by atoms with Gasteiger partial charge in [0.05, 0.1) is 0 Å². The molecule has 23 heavy (non-hydrogen) atoms. The molecule has 1 atom stereocenters. The molecular formula is C21H32S2. The summed E-state index contributed by atoms with van der Waals surface area (Å²) in [4.78, 5) is 3.22. The minimum atomic E-state index is 0.765. The fourth-order valence-corrected chi connectivity index (χ4v) is 6.88. The van der Waals surface area contributed by atoms with Gasteiger partial charge in [-0.2, -0.15) is 0 Å². The predicted molar refractivity (Wildman–Crippen MR) is 107 cm³/mol. The van der Waals surface area contributed by atoms with Gasteiger partial charge >= 0.3 is 0 Å². The van der Waals surface area contributed by atoms with Crippen LogP contribution in [0.15, 0.2) is 12.1 Å². The van der Waals surface area contributed by atoms with E-state index in [4.69, 9.17) is 0 Å². The molecule has 0 spiro atoms. The van der Waals surface area contributed by atoms with Gasteiger partial charge < -0.3 is 0 Å². The molecule has 0 amide bonds. The van der Waals surface area contributed by atoms with Crippen molar-refractivity contribution in [2.24, 2.45) is 11.8 Å². The van der Waals surface area contributed by atoms with E-state index in [1.807, 2.05) is 11.3 Å². The summed E-state index contributed by atoms with van der Waals surface area (Å²) < 4.78 is 3.08. The molecule has 3 rings (SSSR count). The molecule has 2 aromatic rings. The number of thiophene rings is 2. The normalized spacial score (nSPS) is 23.4. The maximum Gasteiger partial charge on any atom is 0.0456 e. The van der Waals surface area contributed by atoms with Gasteiger partial charge in [-0.05, 0) is 49.1 Å². The Hall–Kier alpha value is -0.340. The Morgan fingerprint density at radius 2 is 1.74 bits per heavy atom. The van der Waals surface area contributed by atoms with E-state index in [9.17, 15) is 0 Å². The molecule has 2 aromatic heterocycles. The van der Waals surface area contributed by atoms with Crippen molar-refractivity contribution in [2.45, 2.75) is 84.5 Å². The third-order valence-electron chi connectivity index (χ3n) is 5.79. The Kier molecular flexibility index (Phi) is 6.20. The SMILES string of the molecule is CCCCC1CCC(C(C)c2cc3sc(CCC)cc3s2)CC1. The van der Waals surface area contributed by atoms with E-state index in [1.165, 1.54) is 67.2 Å². The molecule has 1 fully saturated rings. The summed E-state index contributed by atoms with van der Waals surface area (Å²) >= 11 is 4.10. The summed E-state index contributed by atoms with van der Waals surface area (Å²) in [6.07, 6.45) is 12.7. The fraction of sp³-hybridized carbons (Fsp3) is 0.714. The van der Waals surface area contributed by atoms with Crippen LogP contribution in [0.2, 0.25) is 0 Å². The number of hydrogen-bond acceptors (Lipinski definition) is 2. The van der Waals surface area contributed by atoms with Crippen LogP contribution < -0.4 is 0 Å². The van der Waals surface area contributed by atoms with Crippen molar-refractivity contribution in [2.75, 3.05) is 0 Å². The standard InChI is InChI=1S/C21H32S2/c1-4-6-8-16-9-11-17(12-10-16)15(3)19-14-21-20(23-19)13-18(22-21)7-5-2/h13-17H,4-12H2,1-3H3. The van der Waals surface area contributed by atoms with Crippen molar-refractivity contribution in [3.8, 4) is 0 Å². The molecular weight excluding hydrogens is 316 g/mol. The van der Waals surface area contributed by atoms with Crippen LogP contribution in [0.1, 0.15) is 87.8 Å². The number of rotatable bonds is 7. The lowest BCUT2D eigenvalue weighted by Crippen LogP contribution is -2.18. The highest BCUT2D eigenvalue weighted by Crippen LogP contribution is 2.44. The molecule has 0 nitrogen and oxygen atoms in total. The zero-order valence-corrected chi connectivity index (χ0v) is 16.7. The van der Waals surface area contributed by atoms with Gasteiger partial charge in [-0.3, -0.25) is 0 Å². The van der Waals surface area contributed by atoms with Crippen LogP contribution in [-0.4, -0.2) is 0 Å². The molecule has 2 heterocycles. The fourth-order valence-electron chi connectivity index (χ4n) is 4.20. The summed E-state index contributed by atoms with van der Waals surface area (Å²) in [7, 11) is 0. The predicted octanol–water partition coefficient (Wildman–Crippen LogP) is 8.02. The Bertz CT molecular complexity index is 567. The zero-order valence-electron chi connectivity index (χ0n) is 15.1. The second kappa shape index (κ2) is 8.16. The molecule has 0 aromatic carbocycles. The van der Waals surface area contributed by atoms with Gasteiger partial charge in [0, 0.05) is 19.2 Å². The first kappa shape index (κ1) is 17.5. The van der Waals surface area contributed by atoms with Crippen LogP contribution >= 0.6 is 22.7 Å². The highest BCUT2D eigenvalue weighted by molar-refractivity contribution is 7.27. The van der Waals surface area contributed by atoms with Gasteiger partial charge in [-0.25, -0.2) is 0 Å². The largest absolute Gasteiger partial charge is 0.139 e. The second-order valence-corrected chi connectivity index (χ2v) is 9.84. The van der Waals surface area contributed by atoms with Gasteiger partial charge in [0.2, 0.25) is 0 Å². The molecule has 1 aliphatic carbocycles. The monoisotopic (exact) mass is 348 g/mol. The lowest BCUT2D eigenvalue weighted by molar-refractivity contribution is 0.238. The Morgan fingerprint density at radius 1 is 1.00 bits per heavy atom. The molecule has 1 unspecified atom stereocenters. The molecule has 0 N–H and O–H groups in total. The molecule has 0 saturated heterocycles. The summed E-state index contributed by atoms with van der Waals surface area (Å²) in [5.74, 6) is 2.72. The van der Waals surface area contributed by atoms with Crippen molar-refractivity contribution in [3.63, 3.8) is 0 Å². The Labute approximate surface area is 150 Å². The molecule has 128 valence electrons. The number of aryl methyl sites for hydroxylation is 1. The Morgan fingerprint density at radius 3 is 2.39 bits per heavy atom. The smallest absolute Gasteiger partial charge is 0.0456 e. The van der Waals surface area contributed by atoms with E-state index < -0.39 is 0 Å². The summed E-state index contributed by atoms with van der Waals surface area (Å²) in [5, 5.41) is 0. The van der Waals surface area contributed by atoms with Gasteiger partial charge in [-0.1, -0.05) is 59.3 Å². The minimum Gasteiger partial charge on any atom is -0.139 e. The van der Waals surface area contributed by atoms with Crippen molar-refractivity contribution >= 4 is 32.1 Å². The maximum absolute atomic E-state index is 2.51. The lowest BCUT2D eigenvalue weighted by atomic mass is 9.74. The van der Waals surface area contributed by atoms with Crippen LogP contribution in [0.25, 0.3) is 9.40 Å². The quantitative estimate of drug-likeness (QED) is 0.475. The van der Waals surface area contributed by atoms with Crippen LogP contribution in [0.4, 0.5) is 0 Å². The molecule has 1 saturated carbocycles. The van der Waals surface area contributed by atoms with E-state index in [2.05, 4.69) is 44.2 Å². The molecule has 0 bridgehead atoms. The summed E-state index contributed by atoms with van der Waals surface area (Å²) in [5.41, 5.74) is 0. The van der Waals surface area contributed by atoms with E-state index in [0.717, 1.165) is 17.8 Å². The van der Waals surface area contributed by atoms with Crippen molar-refractivity contribution in [1.82, 2.24) is 0 Å². The third-order valence-corrected chi connectivity index (χ3v) is 8.34. The topological polar surface area (TPSA) is 0 Å². The van der Waals surface area contributed by atoms with Crippen LogP contribution in [-0.2, 0) is 6.42 Å². The summed E-state index contributed by atoms with van der Waals surface area (Å²) in [6, 6.07) is 4.96. The summed E-state index contributed by atoms with van der Waals surface area (Å²) in [6.45, 7) is 7.08. The first-order valence-corrected chi connectivity index (χ1v) is 11.4. The van der Waals surface area contributed by atoms with Gasteiger partial charge in [0.25, 0.3) is 0 Å².